The van der Waals surface area contributed by atoms with Gasteiger partial charge in [-0.3, -0.25) is 9.59 Å². The van der Waals surface area contributed by atoms with E-state index in [2.05, 4.69) is 35.9 Å². The Balaban J connectivity index is 1.74. The summed E-state index contributed by atoms with van der Waals surface area (Å²) in [5.41, 5.74) is 2.17. The number of carbonyl (C=O) groups is 2. The molecular formula is C26H34N2O3S2. The topological polar surface area (TPSA) is 67.4 Å². The molecule has 0 saturated heterocycles. The molecule has 2 amide bonds. The van der Waals surface area contributed by atoms with Crippen LogP contribution in [0.1, 0.15) is 43.7 Å². The Kier molecular flexibility index (Phi) is 9.71. The van der Waals surface area contributed by atoms with Gasteiger partial charge in [-0.05, 0) is 55.9 Å². The van der Waals surface area contributed by atoms with Crippen LogP contribution in [0.15, 0.2) is 54.6 Å². The van der Waals surface area contributed by atoms with Gasteiger partial charge in [0.05, 0.1) is 11.5 Å². The highest BCUT2D eigenvalue weighted by atomic mass is 32.1. The van der Waals surface area contributed by atoms with Gasteiger partial charge in [0.1, 0.15) is 6.04 Å². The van der Waals surface area contributed by atoms with E-state index in [0.717, 1.165) is 24.0 Å². The molecule has 1 aliphatic carbocycles. The fourth-order valence-electron chi connectivity index (χ4n) is 4.30. The zero-order valence-electron chi connectivity index (χ0n) is 19.1. The zero-order valence-corrected chi connectivity index (χ0v) is 20.9. The van der Waals surface area contributed by atoms with Crippen LogP contribution in [0.25, 0.3) is 0 Å². The molecule has 0 heterocycles. The lowest BCUT2D eigenvalue weighted by Crippen LogP contribution is -2.53. The molecule has 0 bridgehead atoms. The van der Waals surface area contributed by atoms with Crippen LogP contribution in [0, 0.1) is 5.41 Å². The Hall–Kier alpha value is -1.96. The van der Waals surface area contributed by atoms with Crippen molar-refractivity contribution in [2.75, 3.05) is 17.7 Å². The Bertz CT molecular complexity index is 898. The first-order valence-electron chi connectivity index (χ1n) is 11.6. The minimum Gasteiger partial charge on any atom is -0.379 e. The molecule has 5 nitrogen and oxygen atoms in total. The van der Waals surface area contributed by atoms with E-state index in [9.17, 15) is 9.59 Å². The number of anilines is 1. The SMILES string of the molecule is CCOC1CCC(CS)(C(=O)N[C@@H](Cc2ccccc2)C(=O)Nc2ccc(CS)cc2)CC1. The molecule has 0 aromatic heterocycles. The molecular weight excluding hydrogens is 452 g/mol. The predicted molar refractivity (Wildman–Crippen MR) is 140 cm³/mol. The van der Waals surface area contributed by atoms with Gasteiger partial charge in [-0.2, -0.15) is 25.3 Å². The Morgan fingerprint density at radius 3 is 2.27 bits per heavy atom. The molecule has 2 aromatic carbocycles. The highest BCUT2D eigenvalue weighted by Gasteiger charge is 2.42. The Labute approximate surface area is 207 Å². The van der Waals surface area contributed by atoms with E-state index in [0.29, 0.717) is 43.1 Å². The first-order chi connectivity index (χ1) is 16.0. The highest BCUT2D eigenvalue weighted by molar-refractivity contribution is 7.80. The van der Waals surface area contributed by atoms with E-state index in [1.54, 1.807) is 0 Å². The molecule has 2 aromatic rings. The third kappa shape index (κ3) is 7.01. The number of carbonyl (C=O) groups excluding carboxylic acids is 2. The second kappa shape index (κ2) is 12.5. The number of hydrogen-bond acceptors (Lipinski definition) is 5. The molecule has 0 unspecified atom stereocenters. The van der Waals surface area contributed by atoms with Gasteiger partial charge in [-0.25, -0.2) is 0 Å². The van der Waals surface area contributed by atoms with E-state index >= 15 is 0 Å². The second-order valence-corrected chi connectivity index (χ2v) is 9.29. The van der Waals surface area contributed by atoms with Crippen molar-refractivity contribution in [2.24, 2.45) is 5.41 Å². The first-order valence-corrected chi connectivity index (χ1v) is 12.8. The molecule has 1 atom stereocenters. The number of nitrogens with one attached hydrogen (secondary N) is 2. The molecule has 2 N–H and O–H groups in total. The second-order valence-electron chi connectivity index (χ2n) is 8.65. The lowest BCUT2D eigenvalue weighted by Gasteiger charge is -2.38. The fourth-order valence-corrected chi connectivity index (χ4v) is 4.97. The van der Waals surface area contributed by atoms with Gasteiger partial charge in [-0.15, -0.1) is 0 Å². The van der Waals surface area contributed by atoms with Gasteiger partial charge < -0.3 is 15.4 Å². The van der Waals surface area contributed by atoms with Gasteiger partial charge in [-0.1, -0.05) is 42.5 Å². The van der Waals surface area contributed by atoms with Gasteiger partial charge >= 0.3 is 0 Å². The molecule has 0 radical (unpaired) electrons. The number of amides is 2. The summed E-state index contributed by atoms with van der Waals surface area (Å²) in [7, 11) is 0. The molecule has 1 aliphatic rings. The van der Waals surface area contributed by atoms with Crippen molar-refractivity contribution in [3.05, 3.63) is 65.7 Å². The fraction of sp³-hybridized carbons (Fsp3) is 0.462. The van der Waals surface area contributed by atoms with Crippen molar-refractivity contribution in [2.45, 2.75) is 56.9 Å². The number of thiol groups is 2. The summed E-state index contributed by atoms with van der Waals surface area (Å²) in [5.74, 6) is 0.747. The summed E-state index contributed by atoms with van der Waals surface area (Å²) < 4.78 is 5.76. The van der Waals surface area contributed by atoms with E-state index in [4.69, 9.17) is 4.74 Å². The average molecular weight is 487 g/mol. The lowest BCUT2D eigenvalue weighted by atomic mass is 9.73. The summed E-state index contributed by atoms with van der Waals surface area (Å²) in [6.07, 6.45) is 3.68. The number of rotatable bonds is 10. The van der Waals surface area contributed by atoms with Crippen molar-refractivity contribution in [1.82, 2.24) is 5.32 Å². The molecule has 7 heteroatoms. The van der Waals surface area contributed by atoms with Crippen molar-refractivity contribution in [1.29, 1.82) is 0 Å². The maximum absolute atomic E-state index is 13.5. The number of ether oxygens (including phenoxy) is 1. The molecule has 1 fully saturated rings. The standard InChI is InChI=1S/C26H34N2O3S2/c1-2-31-22-12-14-26(18-33,15-13-22)25(30)28-23(16-19-6-4-3-5-7-19)24(29)27-21-10-8-20(17-32)9-11-21/h3-11,22-23,32-33H,2,12-18H2,1H3,(H,27,29)(H,28,30)/t22?,23-,26?/m0/s1. The van der Waals surface area contributed by atoms with E-state index in [1.807, 2.05) is 61.5 Å². The van der Waals surface area contributed by atoms with Gasteiger partial charge in [0.15, 0.2) is 0 Å². The van der Waals surface area contributed by atoms with Crippen LogP contribution in [0.3, 0.4) is 0 Å². The quantitative estimate of drug-likeness (QED) is 0.369. The van der Waals surface area contributed by atoms with Crippen LogP contribution in [-0.4, -0.2) is 36.3 Å². The maximum atomic E-state index is 13.5. The van der Waals surface area contributed by atoms with E-state index in [1.165, 1.54) is 0 Å². The van der Waals surface area contributed by atoms with Crippen molar-refractivity contribution in [3.8, 4) is 0 Å². The van der Waals surface area contributed by atoms with E-state index < -0.39 is 11.5 Å². The van der Waals surface area contributed by atoms with Gasteiger partial charge in [0.25, 0.3) is 0 Å². The van der Waals surface area contributed by atoms with Crippen LogP contribution in [0.2, 0.25) is 0 Å². The van der Waals surface area contributed by atoms with Gasteiger partial charge in [0, 0.05) is 30.2 Å². The summed E-state index contributed by atoms with van der Waals surface area (Å²) in [5, 5.41) is 6.02. The molecule has 178 valence electrons. The number of hydrogen-bond donors (Lipinski definition) is 4. The van der Waals surface area contributed by atoms with Crippen LogP contribution >= 0.6 is 25.3 Å². The zero-order chi connectivity index (χ0) is 23.7. The van der Waals surface area contributed by atoms with Crippen LogP contribution in [0.4, 0.5) is 5.69 Å². The monoisotopic (exact) mass is 486 g/mol. The lowest BCUT2D eigenvalue weighted by molar-refractivity contribution is -0.136. The summed E-state index contributed by atoms with van der Waals surface area (Å²) in [6.45, 7) is 2.67. The smallest absolute Gasteiger partial charge is 0.247 e. The molecule has 0 spiro atoms. The van der Waals surface area contributed by atoms with Gasteiger partial charge in [0.2, 0.25) is 11.8 Å². The van der Waals surface area contributed by atoms with Crippen molar-refractivity contribution < 1.29 is 14.3 Å². The van der Waals surface area contributed by atoms with Crippen LogP contribution in [-0.2, 0) is 26.5 Å². The highest BCUT2D eigenvalue weighted by Crippen LogP contribution is 2.39. The van der Waals surface area contributed by atoms with Crippen molar-refractivity contribution in [3.63, 3.8) is 0 Å². The van der Waals surface area contributed by atoms with Crippen molar-refractivity contribution >= 4 is 42.8 Å². The predicted octanol–water partition coefficient (Wildman–Crippen LogP) is 4.68. The van der Waals surface area contributed by atoms with Crippen LogP contribution < -0.4 is 10.6 Å². The third-order valence-corrected chi connectivity index (χ3v) is 7.36. The molecule has 1 saturated carbocycles. The average Bonchev–Trinajstić information content (AvgIpc) is 2.85. The number of benzene rings is 2. The Morgan fingerprint density at radius 1 is 1.03 bits per heavy atom. The van der Waals surface area contributed by atoms with Crippen LogP contribution in [0.5, 0.6) is 0 Å². The normalized spacial score (nSPS) is 21.2. The first kappa shape index (κ1) is 25.7. The largest absolute Gasteiger partial charge is 0.379 e. The molecule has 0 aliphatic heterocycles. The Morgan fingerprint density at radius 2 is 1.70 bits per heavy atom. The summed E-state index contributed by atoms with van der Waals surface area (Å²) in [4.78, 5) is 26.7. The minimum absolute atomic E-state index is 0.103. The maximum Gasteiger partial charge on any atom is 0.247 e. The molecule has 3 rings (SSSR count). The minimum atomic E-state index is -0.689. The summed E-state index contributed by atoms with van der Waals surface area (Å²) >= 11 is 8.81. The summed E-state index contributed by atoms with van der Waals surface area (Å²) in [6, 6.07) is 16.6. The third-order valence-electron chi connectivity index (χ3n) is 6.38. The molecule has 33 heavy (non-hydrogen) atoms. The van der Waals surface area contributed by atoms with E-state index in [-0.39, 0.29) is 17.9 Å².